The van der Waals surface area contributed by atoms with Crippen LogP contribution in [0.2, 0.25) is 5.02 Å². The van der Waals surface area contributed by atoms with Gasteiger partial charge in [-0.1, -0.05) is 29.8 Å². The van der Waals surface area contributed by atoms with Crippen molar-refractivity contribution in [1.82, 2.24) is 4.72 Å². The Morgan fingerprint density at radius 1 is 1.17 bits per heavy atom. The van der Waals surface area contributed by atoms with Gasteiger partial charge in [0.25, 0.3) is 5.91 Å². The van der Waals surface area contributed by atoms with E-state index in [1.165, 1.54) is 11.1 Å². The third-order valence-electron chi connectivity index (χ3n) is 10.2. The molecule has 9 heteroatoms. The molecule has 1 saturated heterocycles. The summed E-state index contributed by atoms with van der Waals surface area (Å²) in [5.41, 5.74) is 2.65. The van der Waals surface area contributed by atoms with Gasteiger partial charge in [-0.2, -0.15) is 0 Å². The van der Waals surface area contributed by atoms with E-state index in [1.807, 2.05) is 18.2 Å². The summed E-state index contributed by atoms with van der Waals surface area (Å²) in [5.74, 6) is 4.91. The summed E-state index contributed by atoms with van der Waals surface area (Å²) in [4.78, 5) is 15.8. The normalized spacial score (nSPS) is 36.9. The predicted octanol–water partition coefficient (Wildman–Crippen LogP) is 4.68. The first kappa shape index (κ1) is 28.3. The zero-order chi connectivity index (χ0) is 29.1. The van der Waals surface area contributed by atoms with Crippen LogP contribution >= 0.6 is 11.6 Å². The molecule has 2 fully saturated rings. The lowest BCUT2D eigenvalue weighted by Crippen LogP contribution is -2.52. The second-order valence-electron chi connectivity index (χ2n) is 13.1. The van der Waals surface area contributed by atoms with Crippen molar-refractivity contribution in [3.63, 3.8) is 0 Å². The Balaban J connectivity index is 1.30. The van der Waals surface area contributed by atoms with E-state index in [2.05, 4.69) is 27.6 Å². The molecule has 0 radical (unpaired) electrons. The summed E-state index contributed by atoms with van der Waals surface area (Å²) < 4.78 is 28.8. The number of hydrogen-bond donors (Lipinski definition) is 2. The number of nitrogens with zero attached hydrogens (tertiary/aromatic N) is 1. The maximum Gasteiger partial charge on any atom is 0.262 e. The number of carbonyl (C=O) groups excluding carboxylic acids is 1. The van der Waals surface area contributed by atoms with Crippen LogP contribution in [-0.4, -0.2) is 64.9 Å². The monoisotopic (exact) mass is 610 g/mol. The molecule has 0 aromatic heterocycles. The minimum atomic E-state index is -2.96. The largest absolute Gasteiger partial charge is 0.490 e. The Labute approximate surface area is 253 Å². The number of amides is 1. The molecule has 42 heavy (non-hydrogen) atoms. The van der Waals surface area contributed by atoms with Gasteiger partial charge in [0.15, 0.2) is 0 Å². The first-order chi connectivity index (χ1) is 20.1. The molecule has 2 aromatic carbocycles. The van der Waals surface area contributed by atoms with Crippen LogP contribution in [0.4, 0.5) is 5.69 Å². The van der Waals surface area contributed by atoms with Crippen molar-refractivity contribution in [1.29, 1.82) is 0 Å². The number of aryl methyl sites for hydroxylation is 1. The molecule has 2 N–H and O–H groups in total. The number of carbonyl (C=O) groups is 1. The fraction of sp³-hybridized carbons (Fsp3) is 0.515. The number of fused-ring (bicyclic) bond motifs is 7. The summed E-state index contributed by atoms with van der Waals surface area (Å²) in [7, 11) is -2.96. The van der Waals surface area contributed by atoms with Gasteiger partial charge in [0.05, 0.1) is 46.1 Å². The van der Waals surface area contributed by atoms with E-state index in [-0.39, 0.29) is 17.3 Å². The second kappa shape index (κ2) is 10.6. The van der Waals surface area contributed by atoms with E-state index in [1.54, 1.807) is 18.2 Å². The first-order valence-electron chi connectivity index (χ1n) is 15.1. The molecule has 1 spiro atoms. The highest BCUT2D eigenvalue weighted by Gasteiger charge is 2.46. The lowest BCUT2D eigenvalue weighted by Gasteiger charge is -2.48. The first-order valence-corrected chi connectivity index (χ1v) is 17.4. The van der Waals surface area contributed by atoms with E-state index >= 15 is 0 Å². The highest BCUT2D eigenvalue weighted by atomic mass is 35.5. The molecule has 7 rings (SSSR count). The maximum atomic E-state index is 13.4. The number of benzene rings is 2. The van der Waals surface area contributed by atoms with E-state index in [0.29, 0.717) is 43.5 Å². The van der Waals surface area contributed by atoms with Crippen molar-refractivity contribution in [3.8, 4) is 5.75 Å². The molecule has 7 nitrogen and oxygen atoms in total. The molecule has 1 amide bonds. The smallest absolute Gasteiger partial charge is 0.262 e. The van der Waals surface area contributed by atoms with Crippen molar-refractivity contribution in [2.45, 2.75) is 62.1 Å². The van der Waals surface area contributed by atoms with E-state index < -0.39 is 21.2 Å². The average Bonchev–Trinajstić information content (AvgIpc) is 3.07. The zero-order valence-corrected chi connectivity index (χ0v) is 25.4. The van der Waals surface area contributed by atoms with Crippen molar-refractivity contribution in [3.05, 3.63) is 70.3 Å². The van der Waals surface area contributed by atoms with Crippen LogP contribution < -0.4 is 14.4 Å². The summed E-state index contributed by atoms with van der Waals surface area (Å²) in [6, 6.07) is 11.7. The number of hydrogen-bond acceptors (Lipinski definition) is 6. The van der Waals surface area contributed by atoms with Crippen LogP contribution in [0, 0.1) is 11.8 Å². The minimum absolute atomic E-state index is 0.0376. The highest BCUT2D eigenvalue weighted by molar-refractivity contribution is 7.99. The molecule has 3 heterocycles. The van der Waals surface area contributed by atoms with Gasteiger partial charge in [-0.25, -0.2) is 4.21 Å². The van der Waals surface area contributed by atoms with E-state index in [9.17, 15) is 14.1 Å². The Hall–Kier alpha value is -2.52. The summed E-state index contributed by atoms with van der Waals surface area (Å²) in [5, 5.41) is 12.2. The minimum Gasteiger partial charge on any atom is -0.490 e. The summed E-state index contributed by atoms with van der Waals surface area (Å²) >= 11 is 6.41. The lowest BCUT2D eigenvalue weighted by atomic mass is 9.66. The predicted molar refractivity (Wildman–Crippen MR) is 167 cm³/mol. The maximum absolute atomic E-state index is 13.4. The fourth-order valence-corrected chi connectivity index (χ4v) is 9.01. The molecule has 3 aliphatic heterocycles. The van der Waals surface area contributed by atoms with Crippen LogP contribution in [0.5, 0.6) is 5.75 Å². The van der Waals surface area contributed by atoms with Crippen molar-refractivity contribution < 1.29 is 23.6 Å². The van der Waals surface area contributed by atoms with E-state index in [4.69, 9.17) is 21.1 Å². The van der Waals surface area contributed by atoms with Crippen LogP contribution in [0.15, 0.2) is 48.6 Å². The number of rotatable bonds is 0. The summed E-state index contributed by atoms with van der Waals surface area (Å²) in [6.07, 6.45) is 9.62. The van der Waals surface area contributed by atoms with Crippen LogP contribution in [0.3, 0.4) is 0 Å². The molecular weight excluding hydrogens is 572 g/mol. The number of ether oxygens (including phenoxy) is 2. The molecule has 224 valence electrons. The number of nitrogens with one attached hydrogen (secondary N) is 1. The van der Waals surface area contributed by atoms with Gasteiger partial charge in [0.2, 0.25) is 0 Å². The topological polar surface area (TPSA) is 88.1 Å². The number of aliphatic hydroxyl groups is 1. The molecule has 1 unspecified atom stereocenters. The Morgan fingerprint density at radius 3 is 2.88 bits per heavy atom. The van der Waals surface area contributed by atoms with Gasteiger partial charge >= 0.3 is 0 Å². The molecule has 1 saturated carbocycles. The Kier molecular flexibility index (Phi) is 7.12. The Bertz CT molecular complexity index is 1540. The van der Waals surface area contributed by atoms with E-state index in [0.717, 1.165) is 61.7 Å². The standard InChI is InChI=1S/C33H39ClN2O5S/c1-42(39)15-3-12-33(38)13-14-40-30(18-33)26-8-5-24(26)19-36-20-32(11-2-4-22-16-25(34)7-9-27(22)32)21-41-29-10-6-23(17-28(29)36)31(37)35-42/h3,6-7,9-10,12,16-17,24,26,30,38H,1-2,4-5,8,11,13-15,18-21H2,(H,35,37,39)/b12-3+/t24-,26+,30+,32-,33-,42?/m0/s1. The van der Waals surface area contributed by atoms with Gasteiger partial charge in [-0.05, 0) is 91.3 Å². The average molecular weight is 611 g/mol. The zero-order valence-electron chi connectivity index (χ0n) is 23.9. The molecule has 2 aliphatic carbocycles. The van der Waals surface area contributed by atoms with Crippen molar-refractivity contribution in [2.75, 3.05) is 37.0 Å². The quantitative estimate of drug-likeness (QED) is 0.333. The highest BCUT2D eigenvalue weighted by Crippen LogP contribution is 2.48. The third-order valence-corrected chi connectivity index (χ3v) is 11.7. The molecule has 6 atom stereocenters. The van der Waals surface area contributed by atoms with Crippen LogP contribution in [0.25, 0.3) is 0 Å². The van der Waals surface area contributed by atoms with Crippen molar-refractivity contribution in [2.24, 2.45) is 11.8 Å². The lowest BCUT2D eigenvalue weighted by molar-refractivity contribution is -0.125. The van der Waals surface area contributed by atoms with Crippen molar-refractivity contribution >= 4 is 38.8 Å². The molecule has 5 aliphatic rings. The van der Waals surface area contributed by atoms with Gasteiger partial charge in [0.1, 0.15) is 5.75 Å². The van der Waals surface area contributed by atoms with Gasteiger partial charge in [0, 0.05) is 41.9 Å². The summed E-state index contributed by atoms with van der Waals surface area (Å²) in [6.45, 7) is 2.59. The fourth-order valence-electron chi connectivity index (χ4n) is 7.86. The molecular formula is C33H39ClN2O5S. The van der Waals surface area contributed by atoms with Gasteiger partial charge < -0.3 is 19.5 Å². The van der Waals surface area contributed by atoms with Gasteiger partial charge in [-0.3, -0.25) is 9.52 Å². The van der Waals surface area contributed by atoms with Gasteiger partial charge in [-0.15, -0.1) is 0 Å². The number of anilines is 1. The Morgan fingerprint density at radius 2 is 2.05 bits per heavy atom. The molecule has 2 aromatic rings. The SMILES string of the molecule is C=S1(=O)C/C=C/[C@]2(O)CCO[C@H](C2)[C@@H]2CC[C@H]2CN2C[C@@]3(CCCc4cc(Cl)ccc43)COc3ccc(cc32)C(=O)N1. The number of halogens is 1. The van der Waals surface area contributed by atoms with Crippen LogP contribution in [0.1, 0.15) is 60.0 Å². The molecule has 4 bridgehead atoms. The van der Waals surface area contributed by atoms with Crippen LogP contribution in [-0.2, 0) is 26.3 Å². The second-order valence-corrected chi connectivity index (χ2v) is 15.7. The third kappa shape index (κ3) is 5.25.